The fourth-order valence-electron chi connectivity index (χ4n) is 3.75. The van der Waals surface area contributed by atoms with Crippen molar-refractivity contribution in [2.24, 2.45) is 0 Å². The van der Waals surface area contributed by atoms with Crippen LogP contribution in [-0.2, 0) is 24.3 Å². The second kappa shape index (κ2) is 8.14. The summed E-state index contributed by atoms with van der Waals surface area (Å²) in [6, 6.07) is 11.5. The van der Waals surface area contributed by atoms with Gasteiger partial charge in [-0.25, -0.2) is 4.79 Å². The maximum atomic E-state index is 13.1. The zero-order valence-electron chi connectivity index (χ0n) is 15.7. The highest BCUT2D eigenvalue weighted by Gasteiger charge is 2.20. The molecule has 7 heteroatoms. The average Bonchev–Trinajstić information content (AvgIpc) is 3.22. The average molecular weight is 398 g/mol. The molecule has 0 atom stereocenters. The van der Waals surface area contributed by atoms with Crippen molar-refractivity contribution in [2.45, 2.75) is 38.8 Å². The number of aryl methyl sites for hydroxylation is 1. The lowest BCUT2D eigenvalue weighted by Gasteiger charge is -2.27. The molecule has 3 heterocycles. The molecule has 0 radical (unpaired) electrons. The summed E-state index contributed by atoms with van der Waals surface area (Å²) in [5, 5.41) is 1.80. The van der Waals surface area contributed by atoms with Gasteiger partial charge in [-0.2, -0.15) is 0 Å². The summed E-state index contributed by atoms with van der Waals surface area (Å²) >= 11 is 1.32. The monoisotopic (exact) mass is 397 g/mol. The van der Waals surface area contributed by atoms with E-state index in [9.17, 15) is 14.4 Å². The van der Waals surface area contributed by atoms with E-state index in [-0.39, 0.29) is 18.0 Å². The van der Waals surface area contributed by atoms with Crippen LogP contribution in [0.1, 0.15) is 24.8 Å². The summed E-state index contributed by atoms with van der Waals surface area (Å²) in [5.74, 6) is -0.0532. The second-order valence-electron chi connectivity index (χ2n) is 7.14. The van der Waals surface area contributed by atoms with Crippen LogP contribution in [0.25, 0.3) is 10.2 Å². The van der Waals surface area contributed by atoms with Gasteiger partial charge in [-0.05, 0) is 42.7 Å². The number of aromatic nitrogens is 2. The van der Waals surface area contributed by atoms with Crippen molar-refractivity contribution in [1.29, 1.82) is 0 Å². The van der Waals surface area contributed by atoms with Crippen molar-refractivity contribution >= 4 is 27.5 Å². The van der Waals surface area contributed by atoms with Gasteiger partial charge in [-0.1, -0.05) is 30.3 Å². The van der Waals surface area contributed by atoms with Crippen LogP contribution >= 0.6 is 11.3 Å². The molecule has 0 unspecified atom stereocenters. The predicted octanol–water partition coefficient (Wildman–Crippen LogP) is 2.48. The van der Waals surface area contributed by atoms with Gasteiger partial charge in [0.15, 0.2) is 0 Å². The van der Waals surface area contributed by atoms with Gasteiger partial charge in [0.25, 0.3) is 5.56 Å². The topological polar surface area (TPSA) is 64.3 Å². The van der Waals surface area contributed by atoms with Gasteiger partial charge >= 0.3 is 5.69 Å². The van der Waals surface area contributed by atoms with Crippen LogP contribution in [0, 0.1) is 0 Å². The van der Waals surface area contributed by atoms with E-state index in [1.54, 1.807) is 11.4 Å². The second-order valence-corrected chi connectivity index (χ2v) is 8.05. The fourth-order valence-corrected chi connectivity index (χ4v) is 4.59. The minimum atomic E-state index is -0.405. The zero-order valence-corrected chi connectivity index (χ0v) is 16.5. The van der Waals surface area contributed by atoms with E-state index < -0.39 is 5.69 Å². The summed E-state index contributed by atoms with van der Waals surface area (Å²) < 4.78 is 3.27. The molecule has 1 saturated heterocycles. The number of piperidine rings is 1. The molecule has 0 N–H and O–H groups in total. The Morgan fingerprint density at radius 1 is 0.964 bits per heavy atom. The number of benzene rings is 1. The first-order valence-electron chi connectivity index (χ1n) is 9.67. The van der Waals surface area contributed by atoms with Crippen LogP contribution in [0.3, 0.4) is 0 Å². The Bertz CT molecular complexity index is 1090. The smallest absolute Gasteiger partial charge is 0.332 e. The third-order valence-electron chi connectivity index (χ3n) is 5.31. The molecule has 0 saturated carbocycles. The van der Waals surface area contributed by atoms with Gasteiger partial charge in [-0.3, -0.25) is 18.7 Å². The van der Waals surface area contributed by atoms with Crippen molar-refractivity contribution < 1.29 is 4.79 Å². The van der Waals surface area contributed by atoms with Crippen molar-refractivity contribution in [3.63, 3.8) is 0 Å². The Morgan fingerprint density at radius 3 is 2.46 bits per heavy atom. The summed E-state index contributed by atoms with van der Waals surface area (Å²) in [6.07, 6.45) is 3.74. The minimum Gasteiger partial charge on any atom is -0.341 e. The van der Waals surface area contributed by atoms with E-state index in [0.717, 1.165) is 37.9 Å². The van der Waals surface area contributed by atoms with Crippen LogP contribution in [-0.4, -0.2) is 33.0 Å². The fraction of sp³-hybridized carbons (Fsp3) is 0.381. The van der Waals surface area contributed by atoms with Gasteiger partial charge in [-0.15, -0.1) is 11.3 Å². The number of nitrogens with zero attached hydrogens (tertiary/aromatic N) is 3. The highest BCUT2D eigenvalue weighted by atomic mass is 32.1. The van der Waals surface area contributed by atoms with Gasteiger partial charge in [0.1, 0.15) is 11.2 Å². The summed E-state index contributed by atoms with van der Waals surface area (Å²) in [6.45, 7) is 1.77. The van der Waals surface area contributed by atoms with E-state index in [1.165, 1.54) is 20.5 Å². The number of carbonyl (C=O) groups is 1. The van der Waals surface area contributed by atoms with E-state index in [2.05, 4.69) is 0 Å². The number of amides is 1. The summed E-state index contributed by atoms with van der Waals surface area (Å²) in [4.78, 5) is 40.5. The minimum absolute atomic E-state index is 0.0162. The molecule has 3 aromatic rings. The molecule has 146 valence electrons. The van der Waals surface area contributed by atoms with Gasteiger partial charge < -0.3 is 4.90 Å². The number of rotatable bonds is 5. The number of hydrogen-bond donors (Lipinski definition) is 0. The summed E-state index contributed by atoms with van der Waals surface area (Å²) in [5.41, 5.74) is 0.946. The molecule has 1 aliphatic rings. The molecule has 2 aromatic heterocycles. The Kier molecular flexibility index (Phi) is 5.43. The quantitative estimate of drug-likeness (QED) is 0.664. The van der Waals surface area contributed by atoms with E-state index >= 15 is 0 Å². The van der Waals surface area contributed by atoms with Crippen molar-refractivity contribution in [1.82, 2.24) is 14.0 Å². The number of likely N-dealkylation sites (tertiary alicyclic amines) is 1. The van der Waals surface area contributed by atoms with Crippen LogP contribution in [0.15, 0.2) is 51.4 Å². The highest BCUT2D eigenvalue weighted by molar-refractivity contribution is 7.17. The van der Waals surface area contributed by atoms with Gasteiger partial charge in [0.05, 0.1) is 5.52 Å². The summed E-state index contributed by atoms with van der Waals surface area (Å²) in [7, 11) is 0. The molecule has 1 fully saturated rings. The Labute approximate surface area is 166 Å². The van der Waals surface area contributed by atoms with Crippen molar-refractivity contribution in [3.8, 4) is 0 Å². The number of hydrogen-bond acceptors (Lipinski definition) is 4. The van der Waals surface area contributed by atoms with E-state index in [4.69, 9.17) is 0 Å². The molecular formula is C21H23N3O3S. The highest BCUT2D eigenvalue weighted by Crippen LogP contribution is 2.16. The molecule has 1 amide bonds. The molecule has 1 aliphatic heterocycles. The molecule has 1 aromatic carbocycles. The lowest BCUT2D eigenvalue weighted by molar-refractivity contribution is -0.132. The first-order chi connectivity index (χ1) is 13.6. The zero-order chi connectivity index (χ0) is 19.5. The van der Waals surface area contributed by atoms with Gasteiger partial charge in [0.2, 0.25) is 5.91 Å². The predicted molar refractivity (Wildman–Crippen MR) is 111 cm³/mol. The van der Waals surface area contributed by atoms with Gasteiger partial charge in [0, 0.05) is 19.6 Å². The Morgan fingerprint density at radius 2 is 1.71 bits per heavy atom. The number of fused-ring (bicyclic) bond motifs is 1. The number of carbonyl (C=O) groups excluding carboxylic acids is 1. The molecule has 0 aliphatic carbocycles. The molecule has 4 rings (SSSR count). The molecule has 0 bridgehead atoms. The number of thiophene rings is 1. The maximum Gasteiger partial charge on any atom is 0.332 e. The first-order valence-corrected chi connectivity index (χ1v) is 10.6. The maximum absolute atomic E-state index is 13.1. The van der Waals surface area contributed by atoms with E-state index in [1.807, 2.05) is 35.2 Å². The van der Waals surface area contributed by atoms with Crippen LogP contribution in [0.2, 0.25) is 0 Å². The van der Waals surface area contributed by atoms with Crippen molar-refractivity contribution in [3.05, 3.63) is 68.2 Å². The molecule has 6 nitrogen and oxygen atoms in total. The van der Waals surface area contributed by atoms with Crippen LogP contribution in [0.4, 0.5) is 0 Å². The van der Waals surface area contributed by atoms with Crippen LogP contribution < -0.4 is 11.2 Å². The van der Waals surface area contributed by atoms with Crippen LogP contribution in [0.5, 0.6) is 0 Å². The largest absolute Gasteiger partial charge is 0.341 e. The lowest BCUT2D eigenvalue weighted by atomic mass is 10.1. The van der Waals surface area contributed by atoms with E-state index in [0.29, 0.717) is 23.2 Å². The molecule has 28 heavy (non-hydrogen) atoms. The lowest BCUT2D eigenvalue weighted by Crippen LogP contribution is -2.44. The molecular weight excluding hydrogens is 374 g/mol. The normalized spacial score (nSPS) is 14.5. The standard InChI is InChI=1S/C21H23N3O3S/c25-18(22-11-5-2-6-12-22)15-24-17-10-14-28-19(17)20(26)23(21(24)27)13-9-16-7-3-1-4-8-16/h1,3-4,7-8,10,14H,2,5-6,9,11-13,15H2. The third kappa shape index (κ3) is 3.67. The third-order valence-corrected chi connectivity index (χ3v) is 6.20. The first kappa shape index (κ1) is 18.7. The van der Waals surface area contributed by atoms with Crippen molar-refractivity contribution in [2.75, 3.05) is 13.1 Å². The SMILES string of the molecule is O=C(Cn1c(=O)n(CCc2ccccc2)c(=O)c2sccc21)N1CCCCC1. The Balaban J connectivity index is 1.67. The Hall–Kier alpha value is -2.67. The molecule has 0 spiro atoms.